The van der Waals surface area contributed by atoms with Crippen LogP contribution in [0.4, 0.5) is 0 Å². The van der Waals surface area contributed by atoms with Gasteiger partial charge >= 0.3 is 0 Å². The molecule has 0 radical (unpaired) electrons. The monoisotopic (exact) mass is 490 g/mol. The number of rotatable bonds is 7. The van der Waals surface area contributed by atoms with Crippen molar-refractivity contribution in [3.05, 3.63) is 148 Å². The molecular formula is C31H23ClN2O2. The Labute approximate surface area is 214 Å². The highest BCUT2D eigenvalue weighted by Crippen LogP contribution is 2.32. The standard InChI is InChI=1S/C31H23ClN2O2/c1-21-29(26-14-8-9-15-27(26)31(35)24-16-18-25(32)19-17-24)28(36-34-21)20-33-30(22-10-4-2-5-11-22)23-12-6-3-7-13-23/h2-20,30H,1H3. The van der Waals surface area contributed by atoms with Gasteiger partial charge in [-0.25, -0.2) is 0 Å². The van der Waals surface area contributed by atoms with Crippen molar-refractivity contribution < 1.29 is 9.32 Å². The van der Waals surface area contributed by atoms with Crippen LogP contribution in [0.3, 0.4) is 0 Å². The van der Waals surface area contributed by atoms with Crippen molar-refractivity contribution in [2.45, 2.75) is 13.0 Å². The molecule has 0 bridgehead atoms. The van der Waals surface area contributed by atoms with Gasteiger partial charge in [-0.15, -0.1) is 0 Å². The summed E-state index contributed by atoms with van der Waals surface area (Å²) in [5.41, 5.74) is 5.42. The highest BCUT2D eigenvalue weighted by molar-refractivity contribution is 6.30. The van der Waals surface area contributed by atoms with E-state index in [0.717, 1.165) is 22.3 Å². The molecule has 1 aromatic heterocycles. The molecule has 0 saturated carbocycles. The van der Waals surface area contributed by atoms with Gasteiger partial charge in [0.2, 0.25) is 0 Å². The predicted octanol–water partition coefficient (Wildman–Crippen LogP) is 7.74. The van der Waals surface area contributed by atoms with Crippen molar-refractivity contribution >= 4 is 23.6 Å². The lowest BCUT2D eigenvalue weighted by Crippen LogP contribution is -2.04. The zero-order valence-electron chi connectivity index (χ0n) is 19.6. The molecule has 176 valence electrons. The lowest BCUT2D eigenvalue weighted by atomic mass is 9.93. The van der Waals surface area contributed by atoms with Gasteiger partial charge < -0.3 is 4.52 Å². The number of hydrogen-bond donors (Lipinski definition) is 0. The number of nitrogens with zero attached hydrogens (tertiary/aromatic N) is 2. The minimum Gasteiger partial charge on any atom is -0.354 e. The maximum atomic E-state index is 13.4. The van der Waals surface area contributed by atoms with Gasteiger partial charge in [0.1, 0.15) is 6.04 Å². The van der Waals surface area contributed by atoms with Crippen molar-refractivity contribution in [2.75, 3.05) is 0 Å². The van der Waals surface area contributed by atoms with Gasteiger partial charge in [0.25, 0.3) is 0 Å². The molecule has 0 aliphatic rings. The van der Waals surface area contributed by atoms with Crippen molar-refractivity contribution in [3.63, 3.8) is 0 Å². The molecular weight excluding hydrogens is 468 g/mol. The first-order valence-electron chi connectivity index (χ1n) is 11.6. The van der Waals surface area contributed by atoms with Gasteiger partial charge in [0.15, 0.2) is 11.5 Å². The summed E-state index contributed by atoms with van der Waals surface area (Å²) in [6.07, 6.45) is 1.71. The highest BCUT2D eigenvalue weighted by Gasteiger charge is 2.21. The Kier molecular flexibility index (Phi) is 6.87. The number of ketones is 1. The lowest BCUT2D eigenvalue weighted by molar-refractivity contribution is 0.103. The average Bonchev–Trinajstić information content (AvgIpc) is 3.30. The summed E-state index contributed by atoms with van der Waals surface area (Å²) >= 11 is 6.02. The molecule has 1 heterocycles. The topological polar surface area (TPSA) is 55.5 Å². The van der Waals surface area contributed by atoms with Gasteiger partial charge in [-0.2, -0.15) is 0 Å². The molecule has 4 aromatic carbocycles. The summed E-state index contributed by atoms with van der Waals surface area (Å²) in [6, 6.07) is 34.4. The summed E-state index contributed by atoms with van der Waals surface area (Å²) in [6.45, 7) is 1.87. The molecule has 0 N–H and O–H groups in total. The van der Waals surface area contributed by atoms with Crippen LogP contribution < -0.4 is 0 Å². The van der Waals surface area contributed by atoms with Crippen LogP contribution >= 0.6 is 11.6 Å². The molecule has 0 fully saturated rings. The first-order chi connectivity index (χ1) is 17.6. The third-order valence-corrected chi connectivity index (χ3v) is 6.26. The predicted molar refractivity (Wildman–Crippen MR) is 144 cm³/mol. The van der Waals surface area contributed by atoms with Gasteiger partial charge in [-0.05, 0) is 47.9 Å². The van der Waals surface area contributed by atoms with E-state index >= 15 is 0 Å². The minimum absolute atomic E-state index is 0.0998. The molecule has 4 nitrogen and oxygen atoms in total. The molecule has 0 spiro atoms. The normalized spacial score (nSPS) is 11.3. The van der Waals surface area contributed by atoms with Gasteiger partial charge in [0, 0.05) is 16.1 Å². The third-order valence-electron chi connectivity index (χ3n) is 6.01. The van der Waals surface area contributed by atoms with Crippen LogP contribution in [0, 0.1) is 6.92 Å². The SMILES string of the molecule is Cc1noc(C=NC(c2ccccc2)c2ccccc2)c1-c1ccccc1C(=O)c1ccc(Cl)cc1. The van der Waals surface area contributed by atoms with Crippen LogP contribution in [-0.2, 0) is 0 Å². The summed E-state index contributed by atoms with van der Waals surface area (Å²) in [7, 11) is 0. The molecule has 0 aliphatic carbocycles. The number of aromatic nitrogens is 1. The van der Waals surface area contributed by atoms with E-state index < -0.39 is 0 Å². The fourth-order valence-corrected chi connectivity index (χ4v) is 4.36. The van der Waals surface area contributed by atoms with E-state index in [9.17, 15) is 4.79 Å². The first-order valence-corrected chi connectivity index (χ1v) is 12.0. The largest absolute Gasteiger partial charge is 0.354 e. The lowest BCUT2D eigenvalue weighted by Gasteiger charge is -2.13. The van der Waals surface area contributed by atoms with Crippen LogP contribution in [0.5, 0.6) is 0 Å². The number of carbonyl (C=O) groups excluding carboxylic acids is 1. The second-order valence-electron chi connectivity index (χ2n) is 8.39. The third kappa shape index (κ3) is 4.90. The summed E-state index contributed by atoms with van der Waals surface area (Å²) < 4.78 is 5.70. The van der Waals surface area contributed by atoms with Crippen LogP contribution in [0.15, 0.2) is 119 Å². The Morgan fingerprint density at radius 2 is 1.42 bits per heavy atom. The van der Waals surface area contributed by atoms with E-state index in [1.807, 2.05) is 67.6 Å². The van der Waals surface area contributed by atoms with E-state index in [0.29, 0.717) is 27.6 Å². The molecule has 0 saturated heterocycles. The Hall–Kier alpha value is -4.28. The number of aliphatic imine (C=N–C) groups is 1. The molecule has 5 heteroatoms. The van der Waals surface area contributed by atoms with E-state index in [4.69, 9.17) is 21.1 Å². The second-order valence-corrected chi connectivity index (χ2v) is 8.83. The van der Waals surface area contributed by atoms with E-state index in [2.05, 4.69) is 29.4 Å². The van der Waals surface area contributed by atoms with Crippen molar-refractivity contribution in [3.8, 4) is 11.1 Å². The molecule has 36 heavy (non-hydrogen) atoms. The number of aryl methyl sites for hydroxylation is 1. The van der Waals surface area contributed by atoms with Crippen LogP contribution in [0.2, 0.25) is 5.02 Å². The van der Waals surface area contributed by atoms with E-state index in [1.165, 1.54) is 0 Å². The maximum Gasteiger partial charge on any atom is 0.193 e. The zero-order valence-corrected chi connectivity index (χ0v) is 20.4. The molecule has 0 unspecified atom stereocenters. The van der Waals surface area contributed by atoms with Crippen LogP contribution in [0.1, 0.15) is 44.5 Å². The Morgan fingerprint density at radius 1 is 0.833 bits per heavy atom. The van der Waals surface area contributed by atoms with Crippen molar-refractivity contribution in [1.29, 1.82) is 0 Å². The maximum absolute atomic E-state index is 13.4. The van der Waals surface area contributed by atoms with E-state index in [-0.39, 0.29) is 11.8 Å². The summed E-state index contributed by atoms with van der Waals surface area (Å²) in [4.78, 5) is 18.3. The fourth-order valence-electron chi connectivity index (χ4n) is 4.24. The highest BCUT2D eigenvalue weighted by atomic mass is 35.5. The van der Waals surface area contributed by atoms with Gasteiger partial charge in [-0.3, -0.25) is 9.79 Å². The molecule has 0 aliphatic heterocycles. The Bertz CT molecular complexity index is 1470. The second kappa shape index (κ2) is 10.5. The summed E-state index contributed by atoms with van der Waals surface area (Å²) in [5, 5.41) is 4.79. The fraction of sp³-hybridized carbons (Fsp3) is 0.0645. The molecule has 5 aromatic rings. The van der Waals surface area contributed by atoms with Crippen LogP contribution in [-0.4, -0.2) is 17.2 Å². The van der Waals surface area contributed by atoms with E-state index in [1.54, 1.807) is 30.5 Å². The van der Waals surface area contributed by atoms with Crippen molar-refractivity contribution in [1.82, 2.24) is 5.16 Å². The van der Waals surface area contributed by atoms with Gasteiger partial charge in [0.05, 0.1) is 17.5 Å². The number of hydrogen-bond acceptors (Lipinski definition) is 4. The average molecular weight is 491 g/mol. The molecule has 0 amide bonds. The van der Waals surface area contributed by atoms with Crippen molar-refractivity contribution in [2.24, 2.45) is 4.99 Å². The first kappa shape index (κ1) is 23.5. The molecule has 5 rings (SSSR count). The van der Waals surface area contributed by atoms with Gasteiger partial charge in [-0.1, -0.05) is 102 Å². The number of halogens is 1. The molecule has 0 atom stereocenters. The quantitative estimate of drug-likeness (QED) is 0.173. The van der Waals surface area contributed by atoms with Crippen LogP contribution in [0.25, 0.3) is 11.1 Å². The Balaban J connectivity index is 1.56. The number of carbonyl (C=O) groups is 1. The number of benzene rings is 4. The zero-order chi connectivity index (χ0) is 24.9. The Morgan fingerprint density at radius 3 is 2.06 bits per heavy atom. The smallest absolute Gasteiger partial charge is 0.193 e. The minimum atomic E-state index is -0.211. The summed E-state index contributed by atoms with van der Waals surface area (Å²) in [5.74, 6) is 0.401.